The van der Waals surface area contributed by atoms with Gasteiger partial charge in [0.25, 0.3) is 0 Å². The van der Waals surface area contributed by atoms with Gasteiger partial charge in [0.15, 0.2) is 23.8 Å². The average molecular weight is 575 g/mol. The zero-order chi connectivity index (χ0) is 28.0. The van der Waals surface area contributed by atoms with Gasteiger partial charge in [-0.3, -0.25) is 0 Å². The maximum atomic E-state index is 14.2. The average Bonchev–Trinajstić information content (AvgIpc) is 3.48. The molecule has 0 aromatic rings. The molecule has 2 aliphatic heterocycles. The summed E-state index contributed by atoms with van der Waals surface area (Å²) in [6.07, 6.45) is 1.53. The summed E-state index contributed by atoms with van der Waals surface area (Å²) < 4.78 is 25.4. The summed E-state index contributed by atoms with van der Waals surface area (Å²) in [5.74, 6) is 2.28. The number of carbonyl (C=O) groups is 1. The number of thioether (sulfide) groups is 2. The molecule has 9 heteroatoms. The molecule has 2 heterocycles. The molecule has 2 saturated heterocycles. The molecule has 0 aromatic carbocycles. The number of aliphatic hydroxyl groups excluding tert-OH is 2. The minimum atomic E-state index is -0.924. The SMILES string of the molecule is CC(C)C1CCC(C)C(C)C1(OC(=O)OC1(C2OC(O)CS2)C(C)C(C)CCC1C(C)C)C1OC(O)CS1. The lowest BCUT2D eigenvalue weighted by Gasteiger charge is -2.55. The van der Waals surface area contributed by atoms with Crippen molar-refractivity contribution in [1.29, 1.82) is 0 Å². The molecular weight excluding hydrogens is 524 g/mol. The van der Waals surface area contributed by atoms with E-state index in [1.54, 1.807) is 0 Å². The van der Waals surface area contributed by atoms with Crippen molar-refractivity contribution >= 4 is 29.7 Å². The van der Waals surface area contributed by atoms with Gasteiger partial charge in [-0.05, 0) is 49.4 Å². The van der Waals surface area contributed by atoms with Crippen molar-refractivity contribution in [3.05, 3.63) is 0 Å². The Morgan fingerprint density at radius 1 is 0.737 bits per heavy atom. The summed E-state index contributed by atoms with van der Waals surface area (Å²) in [6.45, 7) is 17.5. The first-order valence-electron chi connectivity index (χ1n) is 14.7. The Hall–Kier alpha value is -0.190. The summed E-state index contributed by atoms with van der Waals surface area (Å²) in [5.41, 5.74) is -2.78. The van der Waals surface area contributed by atoms with E-state index >= 15 is 0 Å². The zero-order valence-corrected chi connectivity index (χ0v) is 26.1. The molecule has 2 saturated carbocycles. The minimum Gasteiger partial charge on any atom is -0.423 e. The second kappa shape index (κ2) is 12.0. The van der Waals surface area contributed by atoms with Crippen molar-refractivity contribution in [2.45, 2.75) is 116 Å². The van der Waals surface area contributed by atoms with Crippen LogP contribution in [0.2, 0.25) is 0 Å². The van der Waals surface area contributed by atoms with Crippen LogP contribution < -0.4 is 0 Å². The Morgan fingerprint density at radius 3 is 1.39 bits per heavy atom. The van der Waals surface area contributed by atoms with Gasteiger partial charge in [0.1, 0.15) is 10.9 Å². The van der Waals surface area contributed by atoms with Crippen LogP contribution in [0.4, 0.5) is 4.79 Å². The van der Waals surface area contributed by atoms with Gasteiger partial charge in [-0.15, -0.1) is 23.5 Å². The van der Waals surface area contributed by atoms with E-state index < -0.39 is 40.8 Å². The molecule has 2 aliphatic carbocycles. The van der Waals surface area contributed by atoms with Crippen molar-refractivity contribution in [1.82, 2.24) is 0 Å². The van der Waals surface area contributed by atoms with E-state index in [9.17, 15) is 15.0 Å². The van der Waals surface area contributed by atoms with E-state index in [4.69, 9.17) is 18.9 Å². The Kier molecular flexibility index (Phi) is 9.69. The van der Waals surface area contributed by atoms with Crippen molar-refractivity contribution in [3.63, 3.8) is 0 Å². The van der Waals surface area contributed by atoms with Crippen molar-refractivity contribution in [2.24, 2.45) is 47.3 Å². The van der Waals surface area contributed by atoms with Crippen molar-refractivity contribution in [2.75, 3.05) is 11.5 Å². The summed E-state index contributed by atoms with van der Waals surface area (Å²) in [6, 6.07) is 0. The molecule has 0 bridgehead atoms. The van der Waals surface area contributed by atoms with Crippen LogP contribution in [0.1, 0.15) is 81.1 Å². The largest absolute Gasteiger partial charge is 0.509 e. The zero-order valence-electron chi connectivity index (χ0n) is 24.4. The molecule has 38 heavy (non-hydrogen) atoms. The highest BCUT2D eigenvalue weighted by molar-refractivity contribution is 8.00. The number of aliphatic hydroxyl groups is 2. The number of hydrogen-bond acceptors (Lipinski definition) is 9. The fourth-order valence-corrected chi connectivity index (χ4v) is 10.5. The first-order valence-corrected chi connectivity index (χ1v) is 16.8. The predicted molar refractivity (Wildman–Crippen MR) is 151 cm³/mol. The summed E-state index contributed by atoms with van der Waals surface area (Å²) >= 11 is 3.07. The Morgan fingerprint density at radius 2 is 1.11 bits per heavy atom. The molecule has 7 nitrogen and oxygen atoms in total. The van der Waals surface area contributed by atoms with Gasteiger partial charge in [0.05, 0.1) is 0 Å². The molecule has 0 aromatic heterocycles. The lowest BCUT2D eigenvalue weighted by molar-refractivity contribution is -0.242. The molecule has 4 fully saturated rings. The molecule has 12 atom stereocenters. The van der Waals surface area contributed by atoms with Crippen LogP contribution in [-0.2, 0) is 18.9 Å². The van der Waals surface area contributed by atoms with Gasteiger partial charge in [-0.2, -0.15) is 0 Å². The molecule has 0 amide bonds. The Labute approximate surface area is 237 Å². The van der Waals surface area contributed by atoms with Gasteiger partial charge in [-0.1, -0.05) is 55.4 Å². The van der Waals surface area contributed by atoms with Crippen LogP contribution in [0.15, 0.2) is 0 Å². The maximum Gasteiger partial charge on any atom is 0.509 e. The third kappa shape index (κ3) is 5.38. The van der Waals surface area contributed by atoms with Crippen LogP contribution in [0, 0.1) is 47.3 Å². The van der Waals surface area contributed by atoms with E-state index in [2.05, 4.69) is 55.4 Å². The van der Waals surface area contributed by atoms with E-state index in [0.29, 0.717) is 23.3 Å². The number of carbonyl (C=O) groups excluding carboxylic acids is 1. The topological polar surface area (TPSA) is 94.5 Å². The predicted octanol–water partition coefficient (Wildman–Crippen LogP) is 6.11. The van der Waals surface area contributed by atoms with E-state index in [1.807, 2.05) is 0 Å². The monoisotopic (exact) mass is 574 g/mol. The van der Waals surface area contributed by atoms with Gasteiger partial charge >= 0.3 is 6.16 Å². The molecule has 12 unspecified atom stereocenters. The number of rotatable bonds is 6. The molecule has 0 radical (unpaired) electrons. The van der Waals surface area contributed by atoms with Gasteiger partial charge in [0.2, 0.25) is 0 Å². The fourth-order valence-electron chi connectivity index (χ4n) is 7.89. The molecule has 2 N–H and O–H groups in total. The number of hydrogen-bond donors (Lipinski definition) is 2. The highest BCUT2D eigenvalue weighted by Crippen LogP contribution is 2.56. The standard InChI is InChI=1S/C29H50O7S2/c1-15(2)21-11-9-17(5)19(7)28(21,25-33-23(30)13-37-25)35-27(32)36-29(26-34-24(31)14-38-26)20(8)18(6)10-12-22(29)16(3)4/h15-26,30-31H,9-14H2,1-8H3. The van der Waals surface area contributed by atoms with Crippen LogP contribution in [0.3, 0.4) is 0 Å². The van der Waals surface area contributed by atoms with Crippen molar-refractivity contribution < 1.29 is 34.0 Å². The molecule has 4 rings (SSSR count). The second-order valence-corrected chi connectivity index (χ2v) is 15.3. The molecular formula is C29H50O7S2. The summed E-state index contributed by atoms with van der Waals surface area (Å²) in [4.78, 5) is 14.2. The lowest BCUT2D eigenvalue weighted by Crippen LogP contribution is -2.64. The highest BCUT2D eigenvalue weighted by Gasteiger charge is 2.63. The fraction of sp³-hybridized carbons (Fsp3) is 0.966. The number of ether oxygens (including phenoxy) is 4. The normalized spacial score (nSPS) is 48.0. The smallest absolute Gasteiger partial charge is 0.423 e. The first kappa shape index (κ1) is 30.8. The Balaban J connectivity index is 1.74. The van der Waals surface area contributed by atoms with E-state index in [1.165, 1.54) is 23.5 Å². The van der Waals surface area contributed by atoms with E-state index in [-0.39, 0.29) is 35.5 Å². The third-order valence-corrected chi connectivity index (χ3v) is 12.9. The maximum absolute atomic E-state index is 14.2. The van der Waals surface area contributed by atoms with Gasteiger partial charge in [0, 0.05) is 35.2 Å². The third-order valence-electron chi connectivity index (χ3n) is 10.4. The first-order chi connectivity index (χ1) is 17.8. The lowest BCUT2D eigenvalue weighted by atomic mass is 9.61. The van der Waals surface area contributed by atoms with Crippen LogP contribution >= 0.6 is 23.5 Å². The van der Waals surface area contributed by atoms with Crippen LogP contribution in [0.5, 0.6) is 0 Å². The molecule has 220 valence electrons. The van der Waals surface area contributed by atoms with Crippen LogP contribution in [0.25, 0.3) is 0 Å². The quantitative estimate of drug-likeness (QED) is 0.364. The summed E-state index contributed by atoms with van der Waals surface area (Å²) in [7, 11) is 0. The molecule has 0 spiro atoms. The van der Waals surface area contributed by atoms with Crippen LogP contribution in [-0.4, -0.2) is 62.5 Å². The second-order valence-electron chi connectivity index (χ2n) is 13.1. The van der Waals surface area contributed by atoms with Crippen molar-refractivity contribution in [3.8, 4) is 0 Å². The Bertz CT molecular complexity index is 763. The van der Waals surface area contributed by atoms with E-state index in [0.717, 1.165) is 25.7 Å². The minimum absolute atomic E-state index is 0.0254. The highest BCUT2D eigenvalue weighted by atomic mass is 32.2. The van der Waals surface area contributed by atoms with Gasteiger partial charge < -0.3 is 29.2 Å². The molecule has 4 aliphatic rings. The summed E-state index contributed by atoms with van der Waals surface area (Å²) in [5, 5.41) is 20.7. The van der Waals surface area contributed by atoms with Gasteiger partial charge in [-0.25, -0.2) is 4.79 Å².